The van der Waals surface area contributed by atoms with Gasteiger partial charge in [0.25, 0.3) is 0 Å². The fraction of sp³-hybridized carbons (Fsp3) is 0.923. The van der Waals surface area contributed by atoms with E-state index in [9.17, 15) is 0 Å². The highest BCUT2D eigenvalue weighted by atomic mass is 16.5. The zero-order valence-corrected chi connectivity index (χ0v) is 11.3. The molecule has 0 aromatic heterocycles. The second-order valence-corrected chi connectivity index (χ2v) is 6.24. The van der Waals surface area contributed by atoms with Crippen LogP contribution in [0.2, 0.25) is 0 Å². The van der Waals surface area contributed by atoms with Crippen molar-refractivity contribution in [3.05, 3.63) is 0 Å². The molecule has 1 heterocycles. The number of nitrogens with two attached hydrogens (primary N) is 1. The number of guanidine groups is 1. The fourth-order valence-corrected chi connectivity index (χ4v) is 3.51. The van der Waals surface area contributed by atoms with Gasteiger partial charge in [0.2, 0.25) is 0 Å². The Bertz CT molecular complexity index is 314. The molecule has 1 saturated carbocycles. The Morgan fingerprint density at radius 2 is 2.18 bits per heavy atom. The van der Waals surface area contributed by atoms with Gasteiger partial charge in [-0.15, -0.1) is 0 Å². The van der Waals surface area contributed by atoms with Crippen molar-refractivity contribution in [2.45, 2.75) is 45.1 Å². The maximum absolute atomic E-state index is 6.03. The van der Waals surface area contributed by atoms with Gasteiger partial charge in [-0.05, 0) is 24.7 Å². The van der Waals surface area contributed by atoms with Crippen LogP contribution >= 0.6 is 0 Å². The molecule has 2 aliphatic rings. The predicted octanol–water partition coefficient (Wildman–Crippen LogP) is 1.60. The Labute approximate surface area is 104 Å². The molecule has 1 unspecified atom stereocenters. The highest BCUT2D eigenvalue weighted by molar-refractivity contribution is 5.81. The second-order valence-electron chi connectivity index (χ2n) is 6.24. The van der Waals surface area contributed by atoms with E-state index in [1.165, 1.54) is 25.7 Å². The molecule has 1 atom stereocenters. The van der Waals surface area contributed by atoms with Gasteiger partial charge in [0.15, 0.2) is 5.96 Å². The van der Waals surface area contributed by atoms with Crippen LogP contribution in [0.15, 0.2) is 4.99 Å². The van der Waals surface area contributed by atoms with Gasteiger partial charge in [0.1, 0.15) is 0 Å². The van der Waals surface area contributed by atoms with E-state index in [-0.39, 0.29) is 5.54 Å². The van der Waals surface area contributed by atoms with Crippen LogP contribution < -0.4 is 5.73 Å². The van der Waals surface area contributed by atoms with E-state index in [2.05, 4.69) is 23.7 Å². The van der Waals surface area contributed by atoms with Crippen LogP contribution in [0.4, 0.5) is 0 Å². The number of hydrogen-bond acceptors (Lipinski definition) is 4. The number of methoxy groups -OCH3 is 1. The molecular formula is C13H25N3O. The van der Waals surface area contributed by atoms with Crippen molar-refractivity contribution in [1.82, 2.24) is 4.90 Å². The number of aliphatic imine (C=N–C) groups is 1. The van der Waals surface area contributed by atoms with Crippen molar-refractivity contribution in [3.63, 3.8) is 0 Å². The van der Waals surface area contributed by atoms with Gasteiger partial charge >= 0.3 is 0 Å². The number of nitrogens with zero attached hydrogens (tertiary/aromatic N) is 2. The molecule has 1 aliphatic heterocycles. The lowest BCUT2D eigenvalue weighted by atomic mass is 9.67. The summed E-state index contributed by atoms with van der Waals surface area (Å²) >= 11 is 0. The summed E-state index contributed by atoms with van der Waals surface area (Å²) in [5.74, 6) is 0.708. The molecule has 1 fully saturated rings. The van der Waals surface area contributed by atoms with Crippen LogP contribution in [0.3, 0.4) is 0 Å². The third kappa shape index (κ3) is 2.41. The maximum atomic E-state index is 6.03. The zero-order valence-electron chi connectivity index (χ0n) is 11.3. The summed E-state index contributed by atoms with van der Waals surface area (Å²) < 4.78 is 5.19. The molecule has 2 N–H and O–H groups in total. The molecule has 0 radical (unpaired) electrons. The van der Waals surface area contributed by atoms with E-state index in [4.69, 9.17) is 10.5 Å². The minimum atomic E-state index is 0.171. The molecule has 0 bridgehead atoms. The van der Waals surface area contributed by atoms with Gasteiger partial charge in [-0.3, -0.25) is 4.99 Å². The smallest absolute Gasteiger partial charge is 0.191 e. The molecular weight excluding hydrogens is 214 g/mol. The summed E-state index contributed by atoms with van der Waals surface area (Å²) in [5, 5.41) is 0. The van der Waals surface area contributed by atoms with Crippen LogP contribution in [0.1, 0.15) is 39.5 Å². The monoisotopic (exact) mass is 239 g/mol. The molecule has 0 aromatic carbocycles. The first-order chi connectivity index (χ1) is 7.99. The van der Waals surface area contributed by atoms with Crippen LogP contribution in [-0.2, 0) is 4.74 Å². The summed E-state index contributed by atoms with van der Waals surface area (Å²) in [6.45, 7) is 7.17. The van der Waals surface area contributed by atoms with Crippen molar-refractivity contribution < 1.29 is 4.74 Å². The third-order valence-electron chi connectivity index (χ3n) is 4.21. The molecule has 0 saturated heterocycles. The highest BCUT2D eigenvalue weighted by Gasteiger charge is 2.47. The van der Waals surface area contributed by atoms with Crippen molar-refractivity contribution in [2.75, 3.05) is 26.8 Å². The fourth-order valence-electron chi connectivity index (χ4n) is 3.51. The van der Waals surface area contributed by atoms with Crippen LogP contribution in [0, 0.1) is 5.41 Å². The molecule has 2 rings (SSSR count). The molecule has 1 spiro atoms. The minimum absolute atomic E-state index is 0.171. The van der Waals surface area contributed by atoms with Gasteiger partial charge < -0.3 is 15.4 Å². The Morgan fingerprint density at radius 3 is 2.82 bits per heavy atom. The van der Waals surface area contributed by atoms with Crippen molar-refractivity contribution in [2.24, 2.45) is 16.1 Å². The number of ether oxygens (including phenoxy) is 1. The van der Waals surface area contributed by atoms with E-state index in [0.717, 1.165) is 19.7 Å². The Kier molecular flexibility index (Phi) is 3.34. The zero-order chi connectivity index (χ0) is 12.5. The van der Waals surface area contributed by atoms with E-state index in [1.807, 2.05) is 0 Å². The first-order valence-electron chi connectivity index (χ1n) is 6.56. The minimum Gasteiger partial charge on any atom is -0.383 e. The van der Waals surface area contributed by atoms with Crippen molar-refractivity contribution in [3.8, 4) is 0 Å². The normalized spacial score (nSPS) is 31.9. The molecule has 4 nitrogen and oxygen atoms in total. The molecule has 1 aliphatic carbocycles. The van der Waals surface area contributed by atoms with Gasteiger partial charge in [-0.1, -0.05) is 20.3 Å². The summed E-state index contributed by atoms with van der Waals surface area (Å²) in [6.07, 6.45) is 4.99. The summed E-state index contributed by atoms with van der Waals surface area (Å²) in [7, 11) is 1.74. The number of rotatable bonds is 3. The van der Waals surface area contributed by atoms with Crippen LogP contribution in [0.5, 0.6) is 0 Å². The summed E-state index contributed by atoms with van der Waals surface area (Å²) in [4.78, 5) is 6.77. The highest BCUT2D eigenvalue weighted by Crippen LogP contribution is 2.45. The summed E-state index contributed by atoms with van der Waals surface area (Å²) in [5.41, 5.74) is 6.61. The van der Waals surface area contributed by atoms with E-state index in [0.29, 0.717) is 11.4 Å². The SMILES string of the molecule is COCCN1C(N)=NCC12CCCC(C)(C)C2. The Morgan fingerprint density at radius 1 is 1.41 bits per heavy atom. The van der Waals surface area contributed by atoms with Crippen LogP contribution in [0.25, 0.3) is 0 Å². The topological polar surface area (TPSA) is 50.9 Å². The molecule has 17 heavy (non-hydrogen) atoms. The molecule has 0 aromatic rings. The maximum Gasteiger partial charge on any atom is 0.191 e. The van der Waals surface area contributed by atoms with Crippen LogP contribution in [-0.4, -0.2) is 43.2 Å². The molecule has 98 valence electrons. The van der Waals surface area contributed by atoms with Crippen molar-refractivity contribution >= 4 is 5.96 Å². The van der Waals surface area contributed by atoms with Gasteiger partial charge in [0, 0.05) is 13.7 Å². The number of hydrogen-bond donors (Lipinski definition) is 1. The lowest BCUT2D eigenvalue weighted by molar-refractivity contribution is 0.0518. The van der Waals surface area contributed by atoms with Gasteiger partial charge in [-0.25, -0.2) is 0 Å². The average Bonchev–Trinajstić information content (AvgIpc) is 2.52. The Hall–Kier alpha value is -0.770. The molecule has 0 amide bonds. The van der Waals surface area contributed by atoms with E-state index >= 15 is 0 Å². The average molecular weight is 239 g/mol. The van der Waals surface area contributed by atoms with E-state index < -0.39 is 0 Å². The summed E-state index contributed by atoms with van der Waals surface area (Å²) in [6, 6.07) is 0. The molecule has 4 heteroatoms. The third-order valence-corrected chi connectivity index (χ3v) is 4.21. The van der Waals surface area contributed by atoms with E-state index in [1.54, 1.807) is 7.11 Å². The lowest BCUT2D eigenvalue weighted by Crippen LogP contribution is -2.56. The van der Waals surface area contributed by atoms with Crippen molar-refractivity contribution in [1.29, 1.82) is 0 Å². The lowest BCUT2D eigenvalue weighted by Gasteiger charge is -2.48. The largest absolute Gasteiger partial charge is 0.383 e. The first kappa shape index (κ1) is 12.7. The van der Waals surface area contributed by atoms with Gasteiger partial charge in [-0.2, -0.15) is 0 Å². The quantitative estimate of drug-likeness (QED) is 0.814. The standard InChI is InChI=1S/C13H25N3O/c1-12(2)5-4-6-13(9-12)10-15-11(14)16(13)7-8-17-3/h4-10H2,1-3H3,(H2,14,15). The first-order valence-corrected chi connectivity index (χ1v) is 6.56. The predicted molar refractivity (Wildman–Crippen MR) is 70.1 cm³/mol. The van der Waals surface area contributed by atoms with Gasteiger partial charge in [0.05, 0.1) is 18.7 Å². The second kappa shape index (κ2) is 4.48. The Balaban J connectivity index is 2.13.